The molecule has 1 unspecified atom stereocenters. The number of benzene rings is 1. The summed E-state index contributed by atoms with van der Waals surface area (Å²) < 4.78 is 6.45. The smallest absolute Gasteiger partial charge is 0.0952 e. The highest BCUT2D eigenvalue weighted by Gasteiger charge is 2.29. The van der Waals surface area contributed by atoms with Crippen molar-refractivity contribution in [2.24, 2.45) is 5.41 Å². The van der Waals surface area contributed by atoms with Crippen molar-refractivity contribution >= 4 is 0 Å². The van der Waals surface area contributed by atoms with Crippen molar-refractivity contribution in [1.29, 1.82) is 0 Å². The number of ether oxygens (including phenoxy) is 1. The predicted molar refractivity (Wildman–Crippen MR) is 89.6 cm³/mol. The Balaban J connectivity index is 1.98. The predicted octanol–water partition coefficient (Wildman–Crippen LogP) is 4.63. The maximum Gasteiger partial charge on any atom is 0.0952 e. The van der Waals surface area contributed by atoms with E-state index in [9.17, 15) is 0 Å². The van der Waals surface area contributed by atoms with E-state index in [0.29, 0.717) is 11.5 Å². The first kappa shape index (κ1) is 16.5. The molecule has 0 amide bonds. The van der Waals surface area contributed by atoms with Crippen molar-refractivity contribution in [3.63, 3.8) is 0 Å². The number of nitrogens with one attached hydrogen (secondary N) is 1. The Morgan fingerprint density at radius 1 is 1.19 bits per heavy atom. The monoisotopic (exact) mass is 289 g/mol. The summed E-state index contributed by atoms with van der Waals surface area (Å²) in [6.07, 6.45) is 5.54. The van der Waals surface area contributed by atoms with Crippen LogP contribution in [-0.2, 0) is 4.74 Å². The quantitative estimate of drug-likeness (QED) is 0.824. The first-order valence-corrected chi connectivity index (χ1v) is 8.43. The van der Waals surface area contributed by atoms with Crippen LogP contribution in [0.1, 0.15) is 63.7 Å². The van der Waals surface area contributed by atoms with Crippen LogP contribution in [0, 0.1) is 12.3 Å². The van der Waals surface area contributed by atoms with Gasteiger partial charge < -0.3 is 10.1 Å². The second kappa shape index (κ2) is 7.42. The highest BCUT2D eigenvalue weighted by Crippen LogP contribution is 2.37. The van der Waals surface area contributed by atoms with E-state index in [2.05, 4.69) is 57.3 Å². The molecule has 1 fully saturated rings. The summed E-state index contributed by atoms with van der Waals surface area (Å²) in [6, 6.07) is 8.79. The van der Waals surface area contributed by atoms with Gasteiger partial charge in [-0.05, 0) is 50.1 Å². The largest absolute Gasteiger partial charge is 0.369 e. The summed E-state index contributed by atoms with van der Waals surface area (Å²) in [5, 5.41) is 3.44. The molecule has 2 nitrogen and oxygen atoms in total. The number of rotatable bonds is 6. The number of hydrogen-bond acceptors (Lipinski definition) is 2. The van der Waals surface area contributed by atoms with Gasteiger partial charge in [0.1, 0.15) is 0 Å². The maximum atomic E-state index is 6.45. The minimum Gasteiger partial charge on any atom is -0.369 e. The van der Waals surface area contributed by atoms with Gasteiger partial charge in [-0.25, -0.2) is 0 Å². The summed E-state index contributed by atoms with van der Waals surface area (Å²) >= 11 is 0. The van der Waals surface area contributed by atoms with E-state index in [-0.39, 0.29) is 6.10 Å². The molecule has 2 heteroatoms. The van der Waals surface area contributed by atoms with E-state index < -0.39 is 0 Å². The van der Waals surface area contributed by atoms with Gasteiger partial charge in [-0.15, -0.1) is 0 Å². The molecule has 0 heterocycles. The van der Waals surface area contributed by atoms with Gasteiger partial charge in [-0.3, -0.25) is 0 Å². The molecule has 0 aliphatic heterocycles. The van der Waals surface area contributed by atoms with Gasteiger partial charge >= 0.3 is 0 Å². The summed E-state index contributed by atoms with van der Waals surface area (Å²) in [7, 11) is 0. The molecule has 1 atom stereocenters. The molecule has 2 rings (SSSR count). The minimum atomic E-state index is 0.178. The maximum absolute atomic E-state index is 6.45. The molecule has 0 bridgehead atoms. The number of hydrogen-bond donors (Lipinski definition) is 1. The van der Waals surface area contributed by atoms with Crippen LogP contribution in [0.25, 0.3) is 0 Å². The fraction of sp³-hybridized carbons (Fsp3) is 0.684. The third-order valence-corrected chi connectivity index (χ3v) is 4.67. The Morgan fingerprint density at radius 2 is 1.81 bits per heavy atom. The average molecular weight is 289 g/mol. The summed E-state index contributed by atoms with van der Waals surface area (Å²) in [5.41, 5.74) is 3.10. The highest BCUT2D eigenvalue weighted by atomic mass is 16.5. The van der Waals surface area contributed by atoms with Gasteiger partial charge in [0, 0.05) is 6.54 Å². The lowest BCUT2D eigenvalue weighted by Gasteiger charge is -2.36. The molecule has 1 N–H and O–H groups in total. The van der Waals surface area contributed by atoms with Gasteiger partial charge in [0.25, 0.3) is 0 Å². The molecule has 1 aromatic carbocycles. The molecule has 1 saturated carbocycles. The first-order valence-electron chi connectivity index (χ1n) is 8.43. The second-order valence-electron chi connectivity index (χ2n) is 7.21. The van der Waals surface area contributed by atoms with Crippen LogP contribution in [0.2, 0.25) is 0 Å². The van der Waals surface area contributed by atoms with Crippen LogP contribution in [-0.4, -0.2) is 19.2 Å². The molecule has 0 saturated heterocycles. The zero-order valence-corrected chi connectivity index (χ0v) is 14.1. The Hall–Kier alpha value is -0.860. The molecule has 0 aromatic heterocycles. The summed E-state index contributed by atoms with van der Waals surface area (Å²) in [5.74, 6) is 0. The van der Waals surface area contributed by atoms with Gasteiger partial charge in [0.2, 0.25) is 0 Å². The lowest BCUT2D eigenvalue weighted by Crippen LogP contribution is -2.31. The number of likely N-dealkylation sites (N-methyl/N-ethyl adjacent to an activating group) is 1. The van der Waals surface area contributed by atoms with Crippen molar-refractivity contribution in [1.82, 2.24) is 5.32 Å². The first-order chi connectivity index (χ1) is 10.00. The molecular weight excluding hydrogens is 258 g/mol. The highest BCUT2D eigenvalue weighted by molar-refractivity contribution is 5.23. The minimum absolute atomic E-state index is 0.178. The molecule has 21 heavy (non-hydrogen) atoms. The van der Waals surface area contributed by atoms with E-state index in [1.54, 1.807) is 0 Å². The Labute approximate surface area is 130 Å². The van der Waals surface area contributed by atoms with Crippen LogP contribution < -0.4 is 5.32 Å². The fourth-order valence-corrected chi connectivity index (χ4v) is 3.04. The number of aryl methyl sites for hydroxylation is 1. The molecule has 1 aromatic rings. The SMILES string of the molecule is CCNCC(OC1CCC(C)(C)CC1)c1ccc(C)cc1. The molecule has 1 aliphatic carbocycles. The van der Waals surface area contributed by atoms with Crippen molar-refractivity contribution in [3.05, 3.63) is 35.4 Å². The van der Waals surface area contributed by atoms with Gasteiger partial charge in [-0.1, -0.05) is 50.6 Å². The van der Waals surface area contributed by atoms with Gasteiger partial charge in [-0.2, -0.15) is 0 Å². The topological polar surface area (TPSA) is 21.3 Å². The van der Waals surface area contributed by atoms with E-state index in [4.69, 9.17) is 4.74 Å². The third kappa shape index (κ3) is 5.12. The third-order valence-electron chi connectivity index (χ3n) is 4.67. The standard InChI is InChI=1S/C19H31NO/c1-5-20-14-18(16-8-6-15(2)7-9-16)21-17-10-12-19(3,4)13-11-17/h6-9,17-18,20H,5,10-14H2,1-4H3. The van der Waals surface area contributed by atoms with Crippen LogP contribution in [0.5, 0.6) is 0 Å². The Morgan fingerprint density at radius 3 is 2.38 bits per heavy atom. The van der Waals surface area contributed by atoms with E-state index in [0.717, 1.165) is 13.1 Å². The van der Waals surface area contributed by atoms with E-state index in [1.165, 1.54) is 36.8 Å². The molecular formula is C19H31NO. The molecule has 1 aliphatic rings. The van der Waals surface area contributed by atoms with Crippen LogP contribution in [0.4, 0.5) is 0 Å². The second-order valence-corrected chi connectivity index (χ2v) is 7.21. The normalized spacial score (nSPS) is 20.4. The lowest BCUT2D eigenvalue weighted by molar-refractivity contribution is -0.0458. The van der Waals surface area contributed by atoms with Gasteiger partial charge in [0.05, 0.1) is 12.2 Å². The molecule has 118 valence electrons. The summed E-state index contributed by atoms with van der Waals surface area (Å²) in [4.78, 5) is 0. The zero-order valence-electron chi connectivity index (χ0n) is 14.1. The average Bonchev–Trinajstić information content (AvgIpc) is 2.46. The van der Waals surface area contributed by atoms with Crippen molar-refractivity contribution in [2.75, 3.05) is 13.1 Å². The summed E-state index contributed by atoms with van der Waals surface area (Å²) in [6.45, 7) is 10.9. The fourth-order valence-electron chi connectivity index (χ4n) is 3.04. The van der Waals surface area contributed by atoms with Crippen LogP contribution >= 0.6 is 0 Å². The van der Waals surface area contributed by atoms with Crippen molar-refractivity contribution < 1.29 is 4.74 Å². The lowest BCUT2D eigenvalue weighted by atomic mass is 9.76. The Bertz CT molecular complexity index is 414. The Kier molecular flexibility index (Phi) is 5.83. The van der Waals surface area contributed by atoms with Crippen LogP contribution in [0.15, 0.2) is 24.3 Å². The van der Waals surface area contributed by atoms with Crippen LogP contribution in [0.3, 0.4) is 0 Å². The molecule has 0 spiro atoms. The van der Waals surface area contributed by atoms with E-state index >= 15 is 0 Å². The van der Waals surface area contributed by atoms with E-state index in [1.807, 2.05) is 0 Å². The van der Waals surface area contributed by atoms with Gasteiger partial charge in [0.15, 0.2) is 0 Å². The zero-order chi connectivity index (χ0) is 15.3. The molecule has 0 radical (unpaired) electrons. The van der Waals surface area contributed by atoms with Crippen molar-refractivity contribution in [3.8, 4) is 0 Å². The van der Waals surface area contributed by atoms with Crippen molar-refractivity contribution in [2.45, 2.75) is 65.6 Å².